The summed E-state index contributed by atoms with van der Waals surface area (Å²) in [7, 11) is 0. The SMILES string of the molecule is CC(C)[C@@H](NC(=O)N1CCc2cnc(N[C@@H](C)CO)nc2C1)c1ccc(Cl)c(Cl)c1. The van der Waals surface area contributed by atoms with Crippen molar-refractivity contribution in [2.24, 2.45) is 5.92 Å². The van der Waals surface area contributed by atoms with E-state index < -0.39 is 0 Å². The lowest BCUT2D eigenvalue weighted by Crippen LogP contribution is -2.45. The molecule has 30 heavy (non-hydrogen) atoms. The minimum absolute atomic E-state index is 0.0136. The van der Waals surface area contributed by atoms with Gasteiger partial charge in [-0.2, -0.15) is 0 Å². The lowest BCUT2D eigenvalue weighted by atomic mass is 9.96. The number of amides is 2. The molecule has 0 spiro atoms. The summed E-state index contributed by atoms with van der Waals surface area (Å²) in [4.78, 5) is 23.6. The number of benzene rings is 1. The van der Waals surface area contributed by atoms with E-state index in [1.54, 1.807) is 23.2 Å². The first-order valence-electron chi connectivity index (χ1n) is 10.0. The van der Waals surface area contributed by atoms with Gasteiger partial charge in [-0.05, 0) is 42.5 Å². The second kappa shape index (κ2) is 9.81. The quantitative estimate of drug-likeness (QED) is 0.616. The van der Waals surface area contributed by atoms with Crippen LogP contribution in [-0.2, 0) is 13.0 Å². The normalized spacial score (nSPS) is 15.5. The minimum atomic E-state index is -0.193. The summed E-state index contributed by atoms with van der Waals surface area (Å²) in [6, 6.07) is 4.94. The maximum absolute atomic E-state index is 13.0. The Morgan fingerprint density at radius 2 is 2.03 bits per heavy atom. The molecule has 3 rings (SSSR count). The molecule has 2 heterocycles. The number of rotatable bonds is 6. The third-order valence-corrected chi connectivity index (χ3v) is 5.87. The van der Waals surface area contributed by atoms with Crippen molar-refractivity contribution in [1.29, 1.82) is 0 Å². The highest BCUT2D eigenvalue weighted by molar-refractivity contribution is 6.42. The Bertz CT molecular complexity index is 909. The average molecular weight is 452 g/mol. The van der Waals surface area contributed by atoms with Crippen molar-refractivity contribution in [2.75, 3.05) is 18.5 Å². The lowest BCUT2D eigenvalue weighted by molar-refractivity contribution is 0.183. The smallest absolute Gasteiger partial charge is 0.318 e. The zero-order valence-electron chi connectivity index (χ0n) is 17.3. The van der Waals surface area contributed by atoms with Gasteiger partial charge < -0.3 is 20.6 Å². The zero-order valence-corrected chi connectivity index (χ0v) is 18.8. The molecule has 2 amide bonds. The minimum Gasteiger partial charge on any atom is -0.394 e. The first-order chi connectivity index (χ1) is 14.3. The van der Waals surface area contributed by atoms with E-state index in [2.05, 4.69) is 20.6 Å². The largest absolute Gasteiger partial charge is 0.394 e. The molecule has 1 aliphatic rings. The van der Waals surface area contributed by atoms with Gasteiger partial charge in [0.15, 0.2) is 0 Å². The van der Waals surface area contributed by atoms with Crippen LogP contribution in [0.5, 0.6) is 0 Å². The van der Waals surface area contributed by atoms with Gasteiger partial charge in [0.25, 0.3) is 0 Å². The topological polar surface area (TPSA) is 90.4 Å². The number of aliphatic hydroxyl groups is 1. The van der Waals surface area contributed by atoms with Crippen molar-refractivity contribution in [3.8, 4) is 0 Å². The second-order valence-electron chi connectivity index (χ2n) is 7.91. The Balaban J connectivity index is 1.72. The summed E-state index contributed by atoms with van der Waals surface area (Å²) in [5.41, 5.74) is 2.76. The molecule has 1 aromatic carbocycles. The first kappa shape index (κ1) is 22.6. The van der Waals surface area contributed by atoms with Gasteiger partial charge in [0.2, 0.25) is 5.95 Å². The highest BCUT2D eigenvalue weighted by atomic mass is 35.5. The molecule has 0 saturated heterocycles. The van der Waals surface area contributed by atoms with Crippen LogP contribution in [0.4, 0.5) is 10.7 Å². The van der Waals surface area contributed by atoms with Crippen LogP contribution in [-0.4, -0.2) is 45.2 Å². The molecule has 1 aliphatic heterocycles. The van der Waals surface area contributed by atoms with Crippen LogP contribution in [0, 0.1) is 5.92 Å². The zero-order chi connectivity index (χ0) is 21.8. The van der Waals surface area contributed by atoms with E-state index in [9.17, 15) is 9.90 Å². The van der Waals surface area contributed by atoms with Crippen molar-refractivity contribution < 1.29 is 9.90 Å². The van der Waals surface area contributed by atoms with E-state index >= 15 is 0 Å². The summed E-state index contributed by atoms with van der Waals surface area (Å²) in [6.07, 6.45) is 2.48. The number of aromatic nitrogens is 2. The molecule has 162 valence electrons. The summed E-state index contributed by atoms with van der Waals surface area (Å²) >= 11 is 12.2. The van der Waals surface area contributed by atoms with E-state index in [1.807, 2.05) is 26.8 Å². The molecule has 1 aromatic heterocycles. The number of hydrogen-bond donors (Lipinski definition) is 3. The van der Waals surface area contributed by atoms with Crippen LogP contribution in [0.3, 0.4) is 0 Å². The highest BCUT2D eigenvalue weighted by Crippen LogP contribution is 2.29. The van der Waals surface area contributed by atoms with Crippen molar-refractivity contribution in [3.05, 3.63) is 51.3 Å². The molecule has 0 aliphatic carbocycles. The van der Waals surface area contributed by atoms with E-state index in [0.29, 0.717) is 35.5 Å². The molecule has 0 saturated carbocycles. The van der Waals surface area contributed by atoms with Gasteiger partial charge in [0.1, 0.15) is 0 Å². The van der Waals surface area contributed by atoms with Crippen molar-refractivity contribution in [3.63, 3.8) is 0 Å². The monoisotopic (exact) mass is 451 g/mol. The number of urea groups is 1. The highest BCUT2D eigenvalue weighted by Gasteiger charge is 2.26. The molecular formula is C21H27Cl2N5O2. The fourth-order valence-corrected chi connectivity index (χ4v) is 3.68. The van der Waals surface area contributed by atoms with Gasteiger partial charge in [-0.3, -0.25) is 0 Å². The Hall–Kier alpha value is -2.09. The molecule has 0 unspecified atom stereocenters. The van der Waals surface area contributed by atoms with Gasteiger partial charge in [0.05, 0.1) is 34.9 Å². The summed E-state index contributed by atoms with van der Waals surface area (Å²) in [5, 5.41) is 16.3. The summed E-state index contributed by atoms with van der Waals surface area (Å²) in [5.74, 6) is 0.620. The third kappa shape index (κ3) is 5.33. The second-order valence-corrected chi connectivity index (χ2v) is 8.72. The molecule has 9 heteroatoms. The molecule has 7 nitrogen and oxygen atoms in total. The van der Waals surface area contributed by atoms with E-state index in [-0.39, 0.29) is 30.6 Å². The number of fused-ring (bicyclic) bond motifs is 1. The number of carbonyl (C=O) groups is 1. The maximum Gasteiger partial charge on any atom is 0.318 e. The standard InChI is InChI=1S/C21H27Cl2N5O2/c1-12(2)19(14-4-5-16(22)17(23)8-14)27-21(30)28-7-6-15-9-24-20(25-13(3)11-29)26-18(15)10-28/h4-5,8-9,12-13,19,29H,6-7,10-11H2,1-3H3,(H,27,30)(H,24,25,26)/t13-,19+/m0/s1. The van der Waals surface area contributed by atoms with Crippen LogP contribution in [0.15, 0.2) is 24.4 Å². The van der Waals surface area contributed by atoms with E-state index in [1.165, 1.54) is 0 Å². The molecular weight excluding hydrogens is 425 g/mol. The fourth-order valence-electron chi connectivity index (χ4n) is 3.38. The van der Waals surface area contributed by atoms with Crippen molar-refractivity contribution >= 4 is 35.2 Å². The molecule has 0 fully saturated rings. The number of halogens is 2. The summed E-state index contributed by atoms with van der Waals surface area (Å²) in [6.45, 7) is 6.92. The number of carbonyl (C=O) groups excluding carboxylic acids is 1. The lowest BCUT2D eigenvalue weighted by Gasteiger charge is -2.31. The Morgan fingerprint density at radius 1 is 1.27 bits per heavy atom. The number of hydrogen-bond acceptors (Lipinski definition) is 5. The van der Waals surface area contributed by atoms with Gasteiger partial charge in [0, 0.05) is 18.8 Å². The Labute approximate surface area is 186 Å². The molecule has 3 N–H and O–H groups in total. The van der Waals surface area contributed by atoms with Gasteiger partial charge in [-0.25, -0.2) is 14.8 Å². The predicted molar refractivity (Wildman–Crippen MR) is 119 cm³/mol. The molecule has 2 aromatic rings. The Kier molecular flexibility index (Phi) is 7.39. The van der Waals surface area contributed by atoms with E-state index in [0.717, 1.165) is 16.8 Å². The third-order valence-electron chi connectivity index (χ3n) is 5.13. The van der Waals surface area contributed by atoms with Gasteiger partial charge in [-0.1, -0.05) is 43.1 Å². The van der Waals surface area contributed by atoms with Crippen LogP contribution in [0.25, 0.3) is 0 Å². The molecule has 0 radical (unpaired) electrons. The molecule has 0 bridgehead atoms. The van der Waals surface area contributed by atoms with Crippen LogP contribution in [0.2, 0.25) is 10.0 Å². The average Bonchev–Trinajstić information content (AvgIpc) is 2.73. The van der Waals surface area contributed by atoms with E-state index in [4.69, 9.17) is 23.2 Å². The predicted octanol–water partition coefficient (Wildman–Crippen LogP) is 4.04. The number of nitrogens with one attached hydrogen (secondary N) is 2. The molecule has 2 atom stereocenters. The number of nitrogens with zero attached hydrogens (tertiary/aromatic N) is 3. The number of anilines is 1. The fraction of sp³-hybridized carbons (Fsp3) is 0.476. The van der Waals surface area contributed by atoms with Crippen LogP contribution >= 0.6 is 23.2 Å². The summed E-state index contributed by atoms with van der Waals surface area (Å²) < 4.78 is 0. The van der Waals surface area contributed by atoms with Gasteiger partial charge in [-0.15, -0.1) is 0 Å². The van der Waals surface area contributed by atoms with Crippen LogP contribution < -0.4 is 10.6 Å². The maximum atomic E-state index is 13.0. The number of aliphatic hydroxyl groups excluding tert-OH is 1. The Morgan fingerprint density at radius 3 is 2.70 bits per heavy atom. The van der Waals surface area contributed by atoms with Crippen molar-refractivity contribution in [2.45, 2.75) is 45.8 Å². The van der Waals surface area contributed by atoms with Crippen molar-refractivity contribution in [1.82, 2.24) is 20.2 Å². The van der Waals surface area contributed by atoms with Crippen LogP contribution in [0.1, 0.15) is 43.6 Å². The van der Waals surface area contributed by atoms with Gasteiger partial charge >= 0.3 is 6.03 Å². The first-order valence-corrected chi connectivity index (χ1v) is 10.8.